The van der Waals surface area contributed by atoms with E-state index >= 15 is 0 Å². The molecule has 1 aromatic carbocycles. The molecule has 6 heteroatoms. The smallest absolute Gasteiger partial charge is 0.310 e. The van der Waals surface area contributed by atoms with Crippen molar-refractivity contribution in [2.45, 2.75) is 25.6 Å². The summed E-state index contributed by atoms with van der Waals surface area (Å²) < 4.78 is 6.47. The number of carboxylic acids is 1. The average Bonchev–Trinajstić information content (AvgIpc) is 3.09. The van der Waals surface area contributed by atoms with Crippen LogP contribution in [0.1, 0.15) is 12.5 Å². The van der Waals surface area contributed by atoms with Gasteiger partial charge in [0, 0.05) is 10.2 Å². The molecule has 4 atom stereocenters. The summed E-state index contributed by atoms with van der Waals surface area (Å²) in [4.78, 5) is 24.0. The molecule has 0 radical (unpaired) electrons. The van der Waals surface area contributed by atoms with E-state index in [1.165, 1.54) is 0 Å². The second-order valence-corrected chi connectivity index (χ2v) is 6.40. The first-order valence-electron chi connectivity index (χ1n) is 7.17. The molecule has 2 N–H and O–H groups in total. The number of benzene rings is 1. The number of halogens is 1. The number of hydrogen-bond acceptors (Lipinski definition) is 3. The van der Waals surface area contributed by atoms with Gasteiger partial charge >= 0.3 is 5.97 Å². The first kappa shape index (κ1) is 15.2. The molecular formula is C16H16BrNO4. The topological polar surface area (TPSA) is 75.6 Å². The fraction of sp³-hybridized carbons (Fsp3) is 0.375. The molecule has 5 nitrogen and oxygen atoms in total. The number of ether oxygens (including phenoxy) is 1. The highest BCUT2D eigenvalue weighted by molar-refractivity contribution is 9.10. The van der Waals surface area contributed by atoms with Crippen LogP contribution in [0.4, 0.5) is 5.69 Å². The molecule has 2 aliphatic rings. The van der Waals surface area contributed by atoms with E-state index in [-0.39, 0.29) is 5.91 Å². The van der Waals surface area contributed by atoms with Gasteiger partial charge in [0.1, 0.15) is 5.92 Å². The number of aliphatic carboxylic acids is 1. The molecule has 0 unspecified atom stereocenters. The Balaban J connectivity index is 1.83. The van der Waals surface area contributed by atoms with Crippen molar-refractivity contribution in [3.63, 3.8) is 0 Å². The fourth-order valence-electron chi connectivity index (χ4n) is 3.11. The molecule has 1 saturated heterocycles. The largest absolute Gasteiger partial charge is 0.481 e. The molecule has 0 saturated carbocycles. The lowest BCUT2D eigenvalue weighted by molar-refractivity contribution is -0.145. The van der Waals surface area contributed by atoms with Gasteiger partial charge in [0.25, 0.3) is 0 Å². The van der Waals surface area contributed by atoms with Crippen LogP contribution in [-0.4, -0.2) is 29.2 Å². The molecule has 3 rings (SSSR count). The molecule has 1 aromatic rings. The number of nitrogens with one attached hydrogen (secondary N) is 1. The van der Waals surface area contributed by atoms with Gasteiger partial charge in [0.15, 0.2) is 0 Å². The van der Waals surface area contributed by atoms with Gasteiger partial charge in [0.2, 0.25) is 5.91 Å². The highest BCUT2D eigenvalue weighted by Gasteiger charge is 2.53. The van der Waals surface area contributed by atoms with Crippen LogP contribution < -0.4 is 5.32 Å². The first-order chi connectivity index (χ1) is 10.5. The lowest BCUT2D eigenvalue weighted by atomic mass is 9.82. The number of carbonyl (C=O) groups is 2. The monoisotopic (exact) mass is 365 g/mol. The molecule has 1 amide bonds. The Hall–Kier alpha value is -1.66. The Morgan fingerprint density at radius 1 is 1.27 bits per heavy atom. The SMILES string of the molecule is CCc1cc(Br)ccc1NC(=O)[C@@H]1[C@@H](C(=O)O)[C@@H]2C=C[C@H]1O2. The number of anilines is 1. The van der Waals surface area contributed by atoms with E-state index in [1.54, 1.807) is 12.2 Å². The second kappa shape index (κ2) is 5.85. The van der Waals surface area contributed by atoms with Crippen molar-refractivity contribution in [1.82, 2.24) is 0 Å². The van der Waals surface area contributed by atoms with Gasteiger partial charge in [-0.1, -0.05) is 35.0 Å². The predicted molar refractivity (Wildman–Crippen MR) is 84.6 cm³/mol. The van der Waals surface area contributed by atoms with Gasteiger partial charge in [-0.25, -0.2) is 0 Å². The van der Waals surface area contributed by atoms with Gasteiger partial charge in [-0.05, 0) is 30.2 Å². The predicted octanol–water partition coefficient (Wildman–Crippen LogP) is 2.60. The molecule has 2 bridgehead atoms. The average molecular weight is 366 g/mol. The van der Waals surface area contributed by atoms with Crippen molar-refractivity contribution in [3.8, 4) is 0 Å². The summed E-state index contributed by atoms with van der Waals surface area (Å²) >= 11 is 3.41. The van der Waals surface area contributed by atoms with E-state index < -0.39 is 30.0 Å². The summed E-state index contributed by atoms with van der Waals surface area (Å²) in [5.41, 5.74) is 1.71. The molecule has 2 aliphatic heterocycles. The fourth-order valence-corrected chi connectivity index (χ4v) is 3.52. The lowest BCUT2D eigenvalue weighted by Crippen LogP contribution is -2.39. The minimum absolute atomic E-state index is 0.304. The van der Waals surface area contributed by atoms with E-state index in [2.05, 4.69) is 21.2 Å². The zero-order valence-corrected chi connectivity index (χ0v) is 13.5. The zero-order chi connectivity index (χ0) is 15.9. The third kappa shape index (κ3) is 2.57. The van der Waals surface area contributed by atoms with Crippen LogP contribution in [-0.2, 0) is 20.7 Å². The number of fused-ring (bicyclic) bond motifs is 2. The molecule has 116 valence electrons. The minimum atomic E-state index is -0.997. The number of rotatable bonds is 4. The summed E-state index contributed by atoms with van der Waals surface area (Å²) in [6.07, 6.45) is 3.31. The number of aryl methyl sites for hydroxylation is 1. The highest BCUT2D eigenvalue weighted by Crippen LogP contribution is 2.40. The van der Waals surface area contributed by atoms with Crippen molar-refractivity contribution in [1.29, 1.82) is 0 Å². The van der Waals surface area contributed by atoms with Crippen LogP contribution in [0.25, 0.3) is 0 Å². The lowest BCUT2D eigenvalue weighted by Gasteiger charge is -2.21. The Bertz CT molecular complexity index is 658. The summed E-state index contributed by atoms with van der Waals surface area (Å²) in [6, 6.07) is 5.61. The molecule has 0 aromatic heterocycles. The summed E-state index contributed by atoms with van der Waals surface area (Å²) in [5, 5.41) is 12.2. The summed E-state index contributed by atoms with van der Waals surface area (Å²) in [7, 11) is 0. The zero-order valence-electron chi connectivity index (χ0n) is 12.0. The Morgan fingerprint density at radius 3 is 2.59 bits per heavy atom. The Kier molecular flexibility index (Phi) is 4.06. The number of hydrogen-bond donors (Lipinski definition) is 2. The molecule has 1 fully saturated rings. The van der Waals surface area contributed by atoms with Crippen LogP contribution in [0.15, 0.2) is 34.8 Å². The van der Waals surface area contributed by atoms with Gasteiger partial charge in [-0.15, -0.1) is 0 Å². The van der Waals surface area contributed by atoms with E-state index in [1.807, 2.05) is 25.1 Å². The second-order valence-electron chi connectivity index (χ2n) is 5.48. The van der Waals surface area contributed by atoms with Gasteiger partial charge in [-0.2, -0.15) is 0 Å². The van der Waals surface area contributed by atoms with Crippen molar-refractivity contribution in [2.75, 3.05) is 5.32 Å². The highest BCUT2D eigenvalue weighted by atomic mass is 79.9. The number of amides is 1. The molecule has 2 heterocycles. The van der Waals surface area contributed by atoms with Gasteiger partial charge in [0.05, 0.1) is 18.1 Å². The molecule has 0 spiro atoms. The van der Waals surface area contributed by atoms with Crippen molar-refractivity contribution in [3.05, 3.63) is 40.4 Å². The van der Waals surface area contributed by atoms with Crippen molar-refractivity contribution in [2.24, 2.45) is 11.8 Å². The standard InChI is InChI=1S/C16H16BrNO4/c1-2-8-7-9(17)3-4-10(8)18-15(19)13-11-5-6-12(22-11)14(13)16(20)21/h3-7,11-14H,2H2,1H3,(H,18,19)(H,20,21)/t11-,12+,13+,14+/m1/s1. The number of carbonyl (C=O) groups excluding carboxylic acids is 1. The van der Waals surface area contributed by atoms with Crippen molar-refractivity contribution < 1.29 is 19.4 Å². The Labute approximate surface area is 136 Å². The summed E-state index contributed by atoms with van der Waals surface area (Å²) in [6.45, 7) is 2.00. The maximum absolute atomic E-state index is 12.6. The minimum Gasteiger partial charge on any atom is -0.481 e. The van der Waals surface area contributed by atoms with Crippen LogP contribution in [0.2, 0.25) is 0 Å². The quantitative estimate of drug-likeness (QED) is 0.804. The third-order valence-corrected chi connectivity index (χ3v) is 4.69. The molecule has 0 aliphatic carbocycles. The van der Waals surface area contributed by atoms with Gasteiger partial charge < -0.3 is 15.2 Å². The van der Waals surface area contributed by atoms with E-state index in [4.69, 9.17) is 4.74 Å². The van der Waals surface area contributed by atoms with Crippen LogP contribution in [0.3, 0.4) is 0 Å². The van der Waals surface area contributed by atoms with E-state index in [0.29, 0.717) is 5.69 Å². The molecule has 22 heavy (non-hydrogen) atoms. The van der Waals surface area contributed by atoms with Crippen molar-refractivity contribution >= 4 is 33.5 Å². The van der Waals surface area contributed by atoms with Crippen LogP contribution in [0, 0.1) is 11.8 Å². The maximum atomic E-state index is 12.6. The summed E-state index contributed by atoms with van der Waals surface area (Å²) in [5.74, 6) is -2.82. The Morgan fingerprint density at radius 2 is 1.95 bits per heavy atom. The maximum Gasteiger partial charge on any atom is 0.310 e. The molecular weight excluding hydrogens is 350 g/mol. The third-order valence-electron chi connectivity index (χ3n) is 4.19. The van der Waals surface area contributed by atoms with E-state index in [9.17, 15) is 14.7 Å². The van der Waals surface area contributed by atoms with Gasteiger partial charge in [-0.3, -0.25) is 9.59 Å². The number of carboxylic acid groups (broad SMARTS) is 1. The van der Waals surface area contributed by atoms with Crippen LogP contribution >= 0.6 is 15.9 Å². The normalized spacial score (nSPS) is 28.8. The van der Waals surface area contributed by atoms with E-state index in [0.717, 1.165) is 16.5 Å². The van der Waals surface area contributed by atoms with Crippen LogP contribution in [0.5, 0.6) is 0 Å². The first-order valence-corrected chi connectivity index (χ1v) is 7.96.